The maximum atomic E-state index is 5.95. The van der Waals surface area contributed by atoms with Gasteiger partial charge in [-0.2, -0.15) is 0 Å². The summed E-state index contributed by atoms with van der Waals surface area (Å²) in [6.45, 7) is 0.557. The zero-order valence-corrected chi connectivity index (χ0v) is 13.4. The highest BCUT2D eigenvalue weighted by Gasteiger charge is 2.20. The summed E-state index contributed by atoms with van der Waals surface area (Å²) in [4.78, 5) is 3.40. The molecular formula is C14H17BrN2OS. The van der Waals surface area contributed by atoms with Crippen LogP contribution in [-0.4, -0.2) is 20.7 Å². The van der Waals surface area contributed by atoms with Crippen molar-refractivity contribution in [3.05, 3.63) is 45.1 Å². The number of likely N-dealkylation sites (N-methyl/N-ethyl adjacent to an activating group) is 1. The molecule has 0 radical (unpaired) electrons. The minimum absolute atomic E-state index is 0.146. The van der Waals surface area contributed by atoms with Crippen molar-refractivity contribution in [3.8, 4) is 5.75 Å². The smallest absolute Gasteiger partial charge is 0.142 e. The molecule has 2 N–H and O–H groups in total. The molecule has 1 aromatic carbocycles. The maximum Gasteiger partial charge on any atom is 0.142 e. The van der Waals surface area contributed by atoms with Crippen LogP contribution in [0.1, 0.15) is 10.9 Å². The molecule has 0 saturated heterocycles. The second-order valence-electron chi connectivity index (χ2n) is 4.20. The average Bonchev–Trinajstić information content (AvgIpc) is 2.86. The van der Waals surface area contributed by atoms with E-state index in [4.69, 9.17) is 10.5 Å². The Labute approximate surface area is 126 Å². The van der Waals surface area contributed by atoms with Gasteiger partial charge in [0.2, 0.25) is 0 Å². The van der Waals surface area contributed by atoms with Crippen molar-refractivity contribution >= 4 is 33.0 Å². The number of thiophene rings is 1. The number of anilines is 1. The molecule has 0 aliphatic heterocycles. The van der Waals surface area contributed by atoms with Gasteiger partial charge in [-0.25, -0.2) is 0 Å². The molecule has 0 aliphatic carbocycles. The lowest BCUT2D eigenvalue weighted by molar-refractivity contribution is 0.413. The molecule has 102 valence electrons. The lowest BCUT2D eigenvalue weighted by atomic mass is 10.1. The molecule has 1 heterocycles. The summed E-state index contributed by atoms with van der Waals surface area (Å²) in [5, 5.41) is 2.08. The third kappa shape index (κ3) is 3.11. The van der Waals surface area contributed by atoms with E-state index in [2.05, 4.69) is 32.3 Å². The summed E-state index contributed by atoms with van der Waals surface area (Å²) in [6.07, 6.45) is 0. The first kappa shape index (κ1) is 14.4. The van der Waals surface area contributed by atoms with E-state index in [-0.39, 0.29) is 6.04 Å². The average molecular weight is 341 g/mol. The van der Waals surface area contributed by atoms with Crippen LogP contribution < -0.4 is 15.4 Å². The van der Waals surface area contributed by atoms with Gasteiger partial charge in [0.1, 0.15) is 5.75 Å². The number of rotatable bonds is 5. The lowest BCUT2D eigenvalue weighted by Gasteiger charge is -2.29. The summed E-state index contributed by atoms with van der Waals surface area (Å²) in [7, 11) is 3.73. The molecule has 5 heteroatoms. The van der Waals surface area contributed by atoms with E-state index in [0.717, 1.165) is 15.9 Å². The number of nitrogens with two attached hydrogens (primary N) is 1. The van der Waals surface area contributed by atoms with Crippen LogP contribution in [-0.2, 0) is 0 Å². The number of hydrogen-bond acceptors (Lipinski definition) is 4. The molecule has 0 spiro atoms. The van der Waals surface area contributed by atoms with Crippen LogP contribution in [0, 0.1) is 0 Å². The van der Waals surface area contributed by atoms with Crippen LogP contribution in [0.15, 0.2) is 40.2 Å². The third-order valence-corrected chi connectivity index (χ3v) is 4.87. The van der Waals surface area contributed by atoms with E-state index in [1.54, 1.807) is 18.4 Å². The minimum Gasteiger partial charge on any atom is -0.495 e. The number of benzene rings is 1. The number of methoxy groups -OCH3 is 1. The Hall–Kier alpha value is -1.04. The van der Waals surface area contributed by atoms with Crippen LogP contribution in [0.5, 0.6) is 5.75 Å². The number of nitrogens with zero attached hydrogens (tertiary/aromatic N) is 1. The monoisotopic (exact) mass is 340 g/mol. The van der Waals surface area contributed by atoms with Crippen LogP contribution in [0.2, 0.25) is 0 Å². The normalized spacial score (nSPS) is 12.2. The quantitative estimate of drug-likeness (QED) is 0.902. The minimum atomic E-state index is 0.146. The highest BCUT2D eigenvalue weighted by molar-refractivity contribution is 9.10. The van der Waals surface area contributed by atoms with E-state index >= 15 is 0 Å². The molecule has 2 rings (SSSR count). The van der Waals surface area contributed by atoms with Crippen molar-refractivity contribution in [2.45, 2.75) is 6.04 Å². The number of para-hydroxylation sites is 2. The molecule has 0 fully saturated rings. The zero-order valence-electron chi connectivity index (χ0n) is 11.0. The number of halogens is 1. The fraction of sp³-hybridized carbons (Fsp3) is 0.286. The van der Waals surface area contributed by atoms with Gasteiger partial charge in [0.25, 0.3) is 0 Å². The SMILES string of the molecule is COc1ccccc1N(C)C(CN)c1cc(Br)cs1. The molecule has 0 saturated carbocycles. The highest BCUT2D eigenvalue weighted by Crippen LogP contribution is 2.35. The van der Waals surface area contributed by atoms with Crippen LogP contribution in [0.4, 0.5) is 5.69 Å². The summed E-state index contributed by atoms with van der Waals surface area (Å²) in [6, 6.07) is 10.2. The van der Waals surface area contributed by atoms with E-state index in [0.29, 0.717) is 6.54 Å². The van der Waals surface area contributed by atoms with Gasteiger partial charge in [0.05, 0.1) is 18.8 Å². The fourth-order valence-corrected chi connectivity index (χ4v) is 3.66. The highest BCUT2D eigenvalue weighted by atomic mass is 79.9. The Morgan fingerprint density at radius 2 is 2.16 bits per heavy atom. The molecule has 0 amide bonds. The van der Waals surface area contributed by atoms with Crippen molar-refractivity contribution < 1.29 is 4.74 Å². The van der Waals surface area contributed by atoms with Gasteiger partial charge in [0.15, 0.2) is 0 Å². The van der Waals surface area contributed by atoms with Crippen LogP contribution >= 0.6 is 27.3 Å². The van der Waals surface area contributed by atoms with Crippen molar-refractivity contribution in [3.63, 3.8) is 0 Å². The van der Waals surface area contributed by atoms with Gasteiger partial charge in [-0.3, -0.25) is 0 Å². The number of ether oxygens (including phenoxy) is 1. The second-order valence-corrected chi connectivity index (χ2v) is 6.06. The van der Waals surface area contributed by atoms with Crippen molar-refractivity contribution in [2.75, 3.05) is 25.6 Å². The van der Waals surface area contributed by atoms with Gasteiger partial charge >= 0.3 is 0 Å². The first-order valence-electron chi connectivity index (χ1n) is 5.97. The van der Waals surface area contributed by atoms with Gasteiger partial charge in [-0.15, -0.1) is 11.3 Å². The standard InChI is InChI=1S/C14H17BrN2OS/c1-17(11-5-3-4-6-13(11)18-2)12(8-16)14-7-10(15)9-19-14/h3-7,9,12H,8,16H2,1-2H3. The van der Waals surface area contributed by atoms with Gasteiger partial charge in [-0.1, -0.05) is 12.1 Å². The Kier molecular flexibility index (Phi) is 4.85. The van der Waals surface area contributed by atoms with Crippen molar-refractivity contribution in [1.29, 1.82) is 0 Å². The predicted octanol–water partition coefficient (Wildman–Crippen LogP) is 3.66. The Morgan fingerprint density at radius 3 is 2.74 bits per heavy atom. The van der Waals surface area contributed by atoms with Gasteiger partial charge in [0, 0.05) is 28.3 Å². The first-order chi connectivity index (χ1) is 9.17. The zero-order chi connectivity index (χ0) is 13.8. The molecular weight excluding hydrogens is 324 g/mol. The Morgan fingerprint density at radius 1 is 1.42 bits per heavy atom. The van der Waals surface area contributed by atoms with Crippen molar-refractivity contribution in [2.24, 2.45) is 5.73 Å². The van der Waals surface area contributed by atoms with E-state index < -0.39 is 0 Å². The molecule has 3 nitrogen and oxygen atoms in total. The Balaban J connectivity index is 2.33. The molecule has 19 heavy (non-hydrogen) atoms. The van der Waals surface area contributed by atoms with Crippen LogP contribution in [0.3, 0.4) is 0 Å². The maximum absolute atomic E-state index is 5.95. The van der Waals surface area contributed by atoms with Gasteiger partial charge < -0.3 is 15.4 Å². The summed E-state index contributed by atoms with van der Waals surface area (Å²) in [5.74, 6) is 0.860. The van der Waals surface area contributed by atoms with E-state index in [9.17, 15) is 0 Å². The molecule has 1 atom stereocenters. The third-order valence-electron chi connectivity index (χ3n) is 3.07. The Bertz CT molecular complexity index is 544. The summed E-state index contributed by atoms with van der Waals surface area (Å²) >= 11 is 5.20. The molecule has 2 aromatic rings. The summed E-state index contributed by atoms with van der Waals surface area (Å²) < 4.78 is 6.51. The second kappa shape index (κ2) is 6.41. The van der Waals surface area contributed by atoms with Crippen molar-refractivity contribution in [1.82, 2.24) is 0 Å². The fourth-order valence-electron chi connectivity index (χ4n) is 2.06. The first-order valence-corrected chi connectivity index (χ1v) is 7.64. The molecule has 1 aromatic heterocycles. The van der Waals surface area contributed by atoms with Crippen LogP contribution in [0.25, 0.3) is 0 Å². The lowest BCUT2D eigenvalue weighted by Crippen LogP contribution is -2.30. The number of hydrogen-bond donors (Lipinski definition) is 1. The molecule has 1 unspecified atom stereocenters. The molecule has 0 bridgehead atoms. The predicted molar refractivity (Wildman–Crippen MR) is 85.2 cm³/mol. The van der Waals surface area contributed by atoms with E-state index in [1.165, 1.54) is 4.88 Å². The topological polar surface area (TPSA) is 38.5 Å². The van der Waals surface area contributed by atoms with E-state index in [1.807, 2.05) is 31.3 Å². The summed E-state index contributed by atoms with van der Waals surface area (Å²) in [5.41, 5.74) is 7.00. The largest absolute Gasteiger partial charge is 0.495 e. The molecule has 0 aliphatic rings. The van der Waals surface area contributed by atoms with Gasteiger partial charge in [-0.05, 0) is 34.1 Å².